The van der Waals surface area contributed by atoms with Gasteiger partial charge in [-0.3, -0.25) is 4.79 Å². The number of aryl methyl sites for hydroxylation is 2. The number of aromatic nitrogens is 1. The largest absolute Gasteiger partial charge is 0.493 e. The average Bonchev–Trinajstić information content (AvgIpc) is 2.98. The number of esters is 1. The van der Waals surface area contributed by atoms with Crippen LogP contribution in [0.25, 0.3) is 0 Å². The van der Waals surface area contributed by atoms with E-state index in [1.807, 2.05) is 25.1 Å². The standard InChI is InChI=1S/C30H34N2O9/c1-16-12-21-25(29(33)32(16)11-10-17-8-9-19(35-2)20(13-17)36-3)24(26(28(31)41-21)30(34)40-7)18-14-22(37-4)27(39-6)23(15-18)38-5/h8-9,12-15,24H,10-11,31H2,1-7H3. The van der Waals surface area contributed by atoms with E-state index in [1.54, 1.807) is 37.0 Å². The van der Waals surface area contributed by atoms with E-state index < -0.39 is 11.9 Å². The number of nitrogens with zero attached hydrogens (tertiary/aromatic N) is 1. The van der Waals surface area contributed by atoms with E-state index in [4.69, 9.17) is 38.9 Å². The second-order valence-corrected chi connectivity index (χ2v) is 9.22. The number of methoxy groups -OCH3 is 6. The highest BCUT2D eigenvalue weighted by Gasteiger charge is 2.39. The molecule has 0 saturated heterocycles. The maximum Gasteiger partial charge on any atom is 0.340 e. The van der Waals surface area contributed by atoms with Crippen LogP contribution in [0.5, 0.6) is 34.5 Å². The number of hydrogen-bond acceptors (Lipinski definition) is 10. The van der Waals surface area contributed by atoms with Crippen molar-refractivity contribution in [3.63, 3.8) is 0 Å². The Kier molecular flexibility index (Phi) is 8.65. The predicted molar refractivity (Wildman–Crippen MR) is 150 cm³/mol. The highest BCUT2D eigenvalue weighted by molar-refractivity contribution is 5.92. The fourth-order valence-electron chi connectivity index (χ4n) is 5.05. The zero-order chi connectivity index (χ0) is 29.8. The molecule has 1 aliphatic rings. The van der Waals surface area contributed by atoms with Gasteiger partial charge in [-0.05, 0) is 48.7 Å². The topological polar surface area (TPSA) is 130 Å². The van der Waals surface area contributed by atoms with Gasteiger partial charge in [0.15, 0.2) is 23.0 Å². The number of fused-ring (bicyclic) bond motifs is 1. The Bertz CT molecular complexity index is 1530. The molecule has 0 radical (unpaired) electrons. The maximum absolute atomic E-state index is 14.2. The molecule has 1 aromatic heterocycles. The molecule has 218 valence electrons. The van der Waals surface area contributed by atoms with Crippen molar-refractivity contribution in [2.75, 3.05) is 42.7 Å². The lowest BCUT2D eigenvalue weighted by Gasteiger charge is -2.29. The van der Waals surface area contributed by atoms with Gasteiger partial charge in [-0.25, -0.2) is 4.79 Å². The summed E-state index contributed by atoms with van der Waals surface area (Å²) in [5, 5.41) is 0. The number of pyridine rings is 1. The van der Waals surface area contributed by atoms with Crippen molar-refractivity contribution < 1.29 is 38.0 Å². The monoisotopic (exact) mass is 566 g/mol. The number of hydrogen-bond donors (Lipinski definition) is 1. The second-order valence-electron chi connectivity index (χ2n) is 9.22. The van der Waals surface area contributed by atoms with Gasteiger partial charge in [0.05, 0.1) is 54.1 Å². The molecule has 4 rings (SSSR count). The summed E-state index contributed by atoms with van der Waals surface area (Å²) in [7, 11) is 8.83. The Labute approximate surface area is 237 Å². The third kappa shape index (κ3) is 5.34. The van der Waals surface area contributed by atoms with Gasteiger partial charge >= 0.3 is 5.97 Å². The second kappa shape index (κ2) is 12.2. The molecule has 0 aliphatic carbocycles. The molecule has 1 aliphatic heterocycles. The van der Waals surface area contributed by atoms with Gasteiger partial charge in [0.25, 0.3) is 5.56 Å². The van der Waals surface area contributed by atoms with Crippen LogP contribution in [0.4, 0.5) is 0 Å². The van der Waals surface area contributed by atoms with Crippen LogP contribution in [-0.4, -0.2) is 53.2 Å². The van der Waals surface area contributed by atoms with Crippen molar-refractivity contribution in [3.8, 4) is 34.5 Å². The molecule has 41 heavy (non-hydrogen) atoms. The first-order valence-electron chi connectivity index (χ1n) is 12.7. The van der Waals surface area contributed by atoms with Gasteiger partial charge in [0.2, 0.25) is 11.6 Å². The molecule has 3 aromatic rings. The molecule has 2 N–H and O–H groups in total. The van der Waals surface area contributed by atoms with Crippen LogP contribution in [0.1, 0.15) is 28.3 Å². The van der Waals surface area contributed by atoms with Crippen LogP contribution in [-0.2, 0) is 22.5 Å². The molecule has 2 heterocycles. The Balaban J connectivity index is 1.88. The van der Waals surface area contributed by atoms with Crippen molar-refractivity contribution in [1.29, 1.82) is 0 Å². The summed E-state index contributed by atoms with van der Waals surface area (Å²) in [6.07, 6.45) is 0.525. The van der Waals surface area contributed by atoms with Gasteiger partial charge in [-0.2, -0.15) is 0 Å². The molecule has 11 heteroatoms. The van der Waals surface area contributed by atoms with E-state index in [-0.39, 0.29) is 28.3 Å². The molecular weight excluding hydrogens is 532 g/mol. The smallest absolute Gasteiger partial charge is 0.340 e. The number of ether oxygens (including phenoxy) is 7. The van der Waals surface area contributed by atoms with Gasteiger partial charge in [0.1, 0.15) is 11.3 Å². The third-order valence-electron chi connectivity index (χ3n) is 7.07. The summed E-state index contributed by atoms with van der Waals surface area (Å²) >= 11 is 0. The number of nitrogens with two attached hydrogens (primary N) is 1. The minimum atomic E-state index is -0.944. The lowest BCUT2D eigenvalue weighted by Crippen LogP contribution is -2.35. The van der Waals surface area contributed by atoms with Gasteiger partial charge in [0, 0.05) is 18.3 Å². The Morgan fingerprint density at radius 2 is 1.51 bits per heavy atom. The summed E-state index contributed by atoms with van der Waals surface area (Å²) in [5.74, 6) is 0.672. The molecule has 0 bridgehead atoms. The van der Waals surface area contributed by atoms with Crippen LogP contribution in [0, 0.1) is 6.92 Å². The summed E-state index contributed by atoms with van der Waals surface area (Å²) < 4.78 is 39.8. The zero-order valence-corrected chi connectivity index (χ0v) is 24.2. The van der Waals surface area contributed by atoms with Crippen molar-refractivity contribution in [2.24, 2.45) is 5.73 Å². The van der Waals surface area contributed by atoms with Crippen LogP contribution >= 0.6 is 0 Å². The van der Waals surface area contributed by atoms with E-state index >= 15 is 0 Å². The first-order chi connectivity index (χ1) is 19.7. The van der Waals surface area contributed by atoms with Crippen molar-refractivity contribution in [2.45, 2.75) is 25.8 Å². The fourth-order valence-corrected chi connectivity index (χ4v) is 5.05. The number of benzene rings is 2. The number of carbonyl (C=O) groups is 1. The van der Waals surface area contributed by atoms with Crippen molar-refractivity contribution in [3.05, 3.63) is 80.6 Å². The fraction of sp³-hybridized carbons (Fsp3) is 0.333. The van der Waals surface area contributed by atoms with Crippen molar-refractivity contribution >= 4 is 5.97 Å². The van der Waals surface area contributed by atoms with Crippen LogP contribution < -0.4 is 39.7 Å². The molecule has 0 fully saturated rings. The highest BCUT2D eigenvalue weighted by atomic mass is 16.5. The summed E-state index contributed by atoms with van der Waals surface area (Å²) in [5.41, 5.74) is 8.24. The number of rotatable bonds is 10. The lowest BCUT2D eigenvalue weighted by atomic mass is 9.83. The average molecular weight is 567 g/mol. The van der Waals surface area contributed by atoms with Gasteiger partial charge in [-0.15, -0.1) is 0 Å². The quantitative estimate of drug-likeness (QED) is 0.365. The molecule has 0 saturated carbocycles. The molecule has 0 spiro atoms. The summed E-state index contributed by atoms with van der Waals surface area (Å²) in [4.78, 5) is 27.2. The van der Waals surface area contributed by atoms with Crippen LogP contribution in [0.15, 0.2) is 52.6 Å². The minimum absolute atomic E-state index is 0.0123. The van der Waals surface area contributed by atoms with Gasteiger partial charge < -0.3 is 43.5 Å². The van der Waals surface area contributed by atoms with E-state index in [9.17, 15) is 9.59 Å². The molecular formula is C30H34N2O9. The molecule has 11 nitrogen and oxygen atoms in total. The van der Waals surface area contributed by atoms with Crippen LogP contribution in [0.3, 0.4) is 0 Å². The maximum atomic E-state index is 14.2. The molecule has 1 unspecified atom stereocenters. The molecule has 0 amide bonds. The summed E-state index contributed by atoms with van der Waals surface area (Å²) in [6.45, 7) is 2.16. The summed E-state index contributed by atoms with van der Waals surface area (Å²) in [6, 6.07) is 10.7. The third-order valence-corrected chi connectivity index (χ3v) is 7.07. The molecule has 1 atom stereocenters. The molecule has 2 aromatic carbocycles. The lowest BCUT2D eigenvalue weighted by molar-refractivity contribution is -0.136. The highest BCUT2D eigenvalue weighted by Crippen LogP contribution is 2.46. The Hall–Kier alpha value is -4.80. The Morgan fingerprint density at radius 1 is 0.878 bits per heavy atom. The van der Waals surface area contributed by atoms with Gasteiger partial charge in [-0.1, -0.05) is 6.07 Å². The SMILES string of the molecule is COC(=O)C1=C(N)Oc2cc(C)n(CCc3ccc(OC)c(OC)c3)c(=O)c2C1c1cc(OC)c(OC)c(OC)c1. The van der Waals surface area contributed by atoms with Crippen LogP contribution in [0.2, 0.25) is 0 Å². The predicted octanol–water partition coefficient (Wildman–Crippen LogP) is 3.31. The first-order valence-corrected chi connectivity index (χ1v) is 12.7. The van der Waals surface area contributed by atoms with E-state index in [1.165, 1.54) is 28.4 Å². The minimum Gasteiger partial charge on any atom is -0.493 e. The normalized spacial score (nSPS) is 14.1. The van der Waals surface area contributed by atoms with E-state index in [2.05, 4.69) is 0 Å². The van der Waals surface area contributed by atoms with Crippen molar-refractivity contribution in [1.82, 2.24) is 4.57 Å². The number of carbonyl (C=O) groups excluding carboxylic acids is 1. The van der Waals surface area contributed by atoms with E-state index in [0.717, 1.165) is 5.56 Å². The Morgan fingerprint density at radius 3 is 2.07 bits per heavy atom. The first kappa shape index (κ1) is 29.2. The van der Waals surface area contributed by atoms with E-state index in [0.29, 0.717) is 53.0 Å². The zero-order valence-electron chi connectivity index (χ0n) is 24.2.